The Balaban J connectivity index is 1.62. The van der Waals surface area contributed by atoms with E-state index in [0.29, 0.717) is 11.4 Å². The van der Waals surface area contributed by atoms with Crippen LogP contribution in [-0.2, 0) is 0 Å². The van der Waals surface area contributed by atoms with Gasteiger partial charge in [0.15, 0.2) is 0 Å². The van der Waals surface area contributed by atoms with Gasteiger partial charge >= 0.3 is 0 Å². The van der Waals surface area contributed by atoms with E-state index in [0.717, 1.165) is 5.75 Å². The fourth-order valence-electron chi connectivity index (χ4n) is 2.76. The monoisotopic (exact) mass is 281 g/mol. The summed E-state index contributed by atoms with van der Waals surface area (Å²) in [5, 5.41) is 5.36. The molecule has 2 aromatic heterocycles. The Morgan fingerprint density at radius 2 is 2.10 bits per heavy atom. The zero-order chi connectivity index (χ0) is 13.4. The molecule has 1 aromatic carbocycles. The van der Waals surface area contributed by atoms with Crippen LogP contribution in [0.5, 0.6) is 0 Å². The van der Waals surface area contributed by atoms with Gasteiger partial charge in [0.2, 0.25) is 0 Å². The van der Waals surface area contributed by atoms with Crippen LogP contribution in [-0.4, -0.2) is 15.7 Å². The molecule has 4 heteroatoms. The smallest absolute Gasteiger partial charge is 0.0810 e. The van der Waals surface area contributed by atoms with Crippen LogP contribution in [0.15, 0.2) is 55.0 Å². The lowest BCUT2D eigenvalue weighted by Gasteiger charge is -2.12. The third-order valence-corrected chi connectivity index (χ3v) is 5.03. The molecule has 1 unspecified atom stereocenters. The van der Waals surface area contributed by atoms with Crippen molar-refractivity contribution in [2.24, 2.45) is 0 Å². The summed E-state index contributed by atoms with van der Waals surface area (Å²) < 4.78 is 0. The van der Waals surface area contributed by atoms with Crippen LogP contribution in [0.25, 0.3) is 10.9 Å². The van der Waals surface area contributed by atoms with E-state index >= 15 is 0 Å². The second-order valence-corrected chi connectivity index (χ2v) is 6.15. The summed E-state index contributed by atoms with van der Waals surface area (Å²) in [6, 6.07) is 13.0. The van der Waals surface area contributed by atoms with Gasteiger partial charge in [0.25, 0.3) is 0 Å². The highest BCUT2D eigenvalue weighted by Crippen LogP contribution is 2.40. The van der Waals surface area contributed by atoms with Crippen molar-refractivity contribution in [2.45, 2.75) is 11.4 Å². The van der Waals surface area contributed by atoms with Gasteiger partial charge < -0.3 is 4.98 Å². The van der Waals surface area contributed by atoms with Crippen LogP contribution < -0.4 is 5.32 Å². The van der Waals surface area contributed by atoms with E-state index in [2.05, 4.69) is 51.8 Å². The minimum absolute atomic E-state index is 0.336. The molecule has 0 spiro atoms. The average molecular weight is 281 g/mol. The Morgan fingerprint density at radius 3 is 3.00 bits per heavy atom. The molecule has 2 N–H and O–H groups in total. The first-order valence-corrected chi connectivity index (χ1v) is 7.80. The molecular formula is C16H15N3S. The maximum atomic E-state index is 4.21. The Hall–Kier alpha value is -1.78. The van der Waals surface area contributed by atoms with Crippen LogP contribution in [0.2, 0.25) is 0 Å². The highest BCUT2D eigenvalue weighted by atomic mass is 32.2. The van der Waals surface area contributed by atoms with Crippen LogP contribution in [0.3, 0.4) is 0 Å². The molecule has 0 amide bonds. The number of aromatic nitrogens is 2. The number of rotatable bonds is 2. The molecule has 0 aliphatic carbocycles. The summed E-state index contributed by atoms with van der Waals surface area (Å²) >= 11 is 1.95. The van der Waals surface area contributed by atoms with Crippen LogP contribution in [0, 0.1) is 0 Å². The quantitative estimate of drug-likeness (QED) is 0.753. The summed E-state index contributed by atoms with van der Waals surface area (Å²) in [6.45, 7) is 0. The summed E-state index contributed by atoms with van der Waals surface area (Å²) in [5.41, 5.74) is 3.82. The van der Waals surface area contributed by atoms with E-state index in [4.69, 9.17) is 0 Å². The molecule has 1 aliphatic rings. The molecule has 0 saturated carbocycles. The lowest BCUT2D eigenvalue weighted by atomic mass is 10.1. The third-order valence-electron chi connectivity index (χ3n) is 3.77. The van der Waals surface area contributed by atoms with Crippen molar-refractivity contribution in [2.75, 3.05) is 5.75 Å². The normalized spacial score (nSPS) is 22.4. The van der Waals surface area contributed by atoms with Crippen molar-refractivity contribution in [3.05, 3.63) is 66.1 Å². The zero-order valence-electron chi connectivity index (χ0n) is 10.9. The highest BCUT2D eigenvalue weighted by Gasteiger charge is 2.28. The number of aromatic amines is 1. The van der Waals surface area contributed by atoms with Crippen molar-refractivity contribution in [1.82, 2.24) is 15.3 Å². The van der Waals surface area contributed by atoms with Crippen LogP contribution in [0.4, 0.5) is 0 Å². The molecule has 0 bridgehead atoms. The molecule has 20 heavy (non-hydrogen) atoms. The van der Waals surface area contributed by atoms with Crippen molar-refractivity contribution in [1.29, 1.82) is 0 Å². The van der Waals surface area contributed by atoms with E-state index in [1.807, 2.05) is 30.2 Å². The van der Waals surface area contributed by atoms with Gasteiger partial charge in [0.05, 0.1) is 5.37 Å². The van der Waals surface area contributed by atoms with Crippen molar-refractivity contribution < 1.29 is 0 Å². The Bertz CT molecular complexity index is 723. The van der Waals surface area contributed by atoms with E-state index in [9.17, 15) is 0 Å². The summed E-state index contributed by atoms with van der Waals surface area (Å²) in [4.78, 5) is 7.57. The highest BCUT2D eigenvalue weighted by molar-refractivity contribution is 7.99. The number of hydrogen-bond acceptors (Lipinski definition) is 3. The molecule has 1 saturated heterocycles. The molecule has 1 aliphatic heterocycles. The topological polar surface area (TPSA) is 40.7 Å². The molecule has 3 aromatic rings. The Morgan fingerprint density at radius 1 is 1.15 bits per heavy atom. The largest absolute Gasteiger partial charge is 0.361 e. The van der Waals surface area contributed by atoms with Gasteiger partial charge in [0, 0.05) is 41.3 Å². The Kier molecular flexibility index (Phi) is 2.98. The van der Waals surface area contributed by atoms with Gasteiger partial charge in [-0.2, -0.15) is 0 Å². The second kappa shape index (κ2) is 4.96. The number of pyridine rings is 1. The summed E-state index contributed by atoms with van der Waals surface area (Å²) in [6.07, 6.45) is 5.90. The number of nitrogens with one attached hydrogen (secondary N) is 2. The standard InChI is InChI=1S/C16H15N3S/c1-2-6-14-12(5-1)13(9-18-14)15-10-20-16(19-15)11-4-3-7-17-8-11/h1-9,15-16,18-19H,10H2/t15-,16?/m0/s1. The van der Waals surface area contributed by atoms with E-state index in [-0.39, 0.29) is 0 Å². The van der Waals surface area contributed by atoms with Gasteiger partial charge in [-0.15, -0.1) is 11.8 Å². The van der Waals surface area contributed by atoms with E-state index in [1.165, 1.54) is 22.0 Å². The lowest BCUT2D eigenvalue weighted by Crippen LogP contribution is -2.17. The SMILES string of the molecule is c1cncc(C2N[C@H](c3c[nH]c4ccccc34)CS2)c1. The predicted molar refractivity (Wildman–Crippen MR) is 83.6 cm³/mol. The van der Waals surface area contributed by atoms with Gasteiger partial charge in [0.1, 0.15) is 0 Å². The first-order chi connectivity index (χ1) is 9.92. The molecule has 3 heterocycles. The number of H-pyrrole nitrogens is 1. The van der Waals surface area contributed by atoms with E-state index in [1.54, 1.807) is 0 Å². The molecule has 100 valence electrons. The summed E-state index contributed by atoms with van der Waals surface area (Å²) in [7, 11) is 0. The summed E-state index contributed by atoms with van der Waals surface area (Å²) in [5.74, 6) is 1.08. The molecule has 1 fully saturated rings. The molecular weight excluding hydrogens is 266 g/mol. The van der Waals surface area contributed by atoms with Gasteiger partial charge in [-0.05, 0) is 23.3 Å². The third kappa shape index (κ3) is 2.01. The predicted octanol–water partition coefficient (Wildman–Crippen LogP) is 3.64. The first kappa shape index (κ1) is 12.0. The first-order valence-electron chi connectivity index (χ1n) is 6.75. The van der Waals surface area contributed by atoms with Gasteiger partial charge in [-0.25, -0.2) is 0 Å². The minimum Gasteiger partial charge on any atom is -0.361 e. The number of nitrogens with zero attached hydrogens (tertiary/aromatic N) is 1. The minimum atomic E-state index is 0.336. The number of fused-ring (bicyclic) bond motifs is 1. The number of thioether (sulfide) groups is 1. The molecule has 2 atom stereocenters. The van der Waals surface area contributed by atoms with Gasteiger partial charge in [-0.3, -0.25) is 10.3 Å². The van der Waals surface area contributed by atoms with Crippen LogP contribution >= 0.6 is 11.8 Å². The average Bonchev–Trinajstić information content (AvgIpc) is 3.14. The molecule has 3 nitrogen and oxygen atoms in total. The zero-order valence-corrected chi connectivity index (χ0v) is 11.7. The number of hydrogen-bond donors (Lipinski definition) is 2. The van der Waals surface area contributed by atoms with Crippen molar-refractivity contribution in [3.63, 3.8) is 0 Å². The second-order valence-electron chi connectivity index (χ2n) is 5.01. The van der Waals surface area contributed by atoms with Crippen molar-refractivity contribution in [3.8, 4) is 0 Å². The fraction of sp³-hybridized carbons (Fsp3) is 0.188. The molecule has 4 rings (SSSR count). The number of para-hydroxylation sites is 1. The molecule has 0 radical (unpaired) electrons. The lowest BCUT2D eigenvalue weighted by molar-refractivity contribution is 0.607. The maximum absolute atomic E-state index is 4.21. The van der Waals surface area contributed by atoms with Crippen molar-refractivity contribution >= 4 is 22.7 Å². The van der Waals surface area contributed by atoms with E-state index < -0.39 is 0 Å². The van der Waals surface area contributed by atoms with Gasteiger partial charge in [-0.1, -0.05) is 24.3 Å². The maximum Gasteiger partial charge on any atom is 0.0810 e. The number of benzene rings is 1. The van der Waals surface area contributed by atoms with Crippen LogP contribution in [0.1, 0.15) is 22.5 Å². The Labute approximate surface area is 121 Å². The fourth-order valence-corrected chi connectivity index (χ4v) is 4.01.